The monoisotopic (exact) mass is 499 g/mol. The van der Waals surface area contributed by atoms with Crippen molar-refractivity contribution in [1.29, 1.82) is 0 Å². The maximum Gasteiger partial charge on any atom is 0.573 e. The van der Waals surface area contributed by atoms with Crippen molar-refractivity contribution in [3.8, 4) is 5.75 Å². The van der Waals surface area contributed by atoms with Gasteiger partial charge < -0.3 is 20.3 Å². The summed E-state index contributed by atoms with van der Waals surface area (Å²) in [5.74, 6) is -1.15. The number of halogens is 7. The Morgan fingerprint density at radius 2 is 1.97 bits per heavy atom. The van der Waals surface area contributed by atoms with Gasteiger partial charge >= 0.3 is 18.7 Å². The molecule has 8 nitrogen and oxygen atoms in total. The molecule has 2 N–H and O–H groups in total. The van der Waals surface area contributed by atoms with Gasteiger partial charge in [-0.15, -0.1) is 26.3 Å². The highest BCUT2D eigenvalue weighted by Gasteiger charge is 2.35. The van der Waals surface area contributed by atoms with Gasteiger partial charge in [-0.25, -0.2) is 4.79 Å². The molecule has 1 aromatic heterocycles. The summed E-state index contributed by atoms with van der Waals surface area (Å²) < 4.78 is 80.1. The normalized spacial score (nSPS) is 18.0. The largest absolute Gasteiger partial charge is 0.573 e. The van der Waals surface area contributed by atoms with E-state index in [-0.39, 0.29) is 28.9 Å². The van der Waals surface area contributed by atoms with E-state index in [2.05, 4.69) is 20.5 Å². The van der Waals surface area contributed by atoms with Crippen LogP contribution in [0.4, 0.5) is 31.1 Å². The van der Waals surface area contributed by atoms with Gasteiger partial charge in [0.25, 0.3) is 0 Å². The van der Waals surface area contributed by atoms with E-state index in [0.29, 0.717) is 6.20 Å². The minimum absolute atomic E-state index is 0.0544. The number of carbonyl (C=O) groups is 2. The lowest BCUT2D eigenvalue weighted by Crippen LogP contribution is -2.58. The first-order chi connectivity index (χ1) is 15.3. The van der Waals surface area contributed by atoms with Crippen LogP contribution in [0.15, 0.2) is 30.6 Å². The van der Waals surface area contributed by atoms with Crippen LogP contribution in [0.3, 0.4) is 0 Å². The zero-order valence-electron chi connectivity index (χ0n) is 16.7. The number of rotatable bonds is 4. The van der Waals surface area contributed by atoms with E-state index in [4.69, 9.17) is 11.6 Å². The summed E-state index contributed by atoms with van der Waals surface area (Å²) in [7, 11) is 0. The molecule has 33 heavy (non-hydrogen) atoms. The number of ether oxygens (including phenoxy) is 1. The van der Waals surface area contributed by atoms with Gasteiger partial charge in [-0.1, -0.05) is 17.7 Å². The van der Waals surface area contributed by atoms with E-state index >= 15 is 0 Å². The minimum Gasteiger partial charge on any atom is -0.404 e. The van der Waals surface area contributed by atoms with E-state index in [9.17, 15) is 35.9 Å². The van der Waals surface area contributed by atoms with Crippen molar-refractivity contribution in [2.45, 2.75) is 31.7 Å². The number of alkyl halides is 6. The van der Waals surface area contributed by atoms with Crippen molar-refractivity contribution in [1.82, 2.24) is 25.3 Å². The Hall–Kier alpha value is -3.16. The van der Waals surface area contributed by atoms with Crippen LogP contribution in [-0.2, 0) is 11.1 Å². The number of nitrogens with zero attached hydrogens (tertiary/aromatic N) is 3. The van der Waals surface area contributed by atoms with Crippen molar-refractivity contribution in [3.05, 3.63) is 46.7 Å². The molecular formula is C18H16ClF6N5O3. The Morgan fingerprint density at radius 3 is 2.55 bits per heavy atom. The Kier molecular flexibility index (Phi) is 6.68. The second-order valence-electron chi connectivity index (χ2n) is 6.97. The molecule has 0 bridgehead atoms. The van der Waals surface area contributed by atoms with Gasteiger partial charge in [-0.2, -0.15) is 9.78 Å². The molecule has 2 atom stereocenters. The maximum atomic E-state index is 13.0. The molecule has 2 heterocycles. The van der Waals surface area contributed by atoms with E-state index in [1.807, 2.05) is 0 Å². The smallest absolute Gasteiger partial charge is 0.404 e. The zero-order chi connectivity index (χ0) is 24.6. The first-order valence-corrected chi connectivity index (χ1v) is 9.66. The van der Waals surface area contributed by atoms with Gasteiger partial charge in [-0.05, 0) is 24.6 Å². The van der Waals surface area contributed by atoms with Crippen LogP contribution < -0.4 is 15.4 Å². The summed E-state index contributed by atoms with van der Waals surface area (Å²) in [4.78, 5) is 25.9. The Balaban J connectivity index is 1.95. The van der Waals surface area contributed by atoms with Crippen LogP contribution in [0.25, 0.3) is 0 Å². The molecule has 180 valence electrons. The fourth-order valence-corrected chi connectivity index (χ4v) is 3.38. The highest BCUT2D eigenvalue weighted by Crippen LogP contribution is 2.34. The molecule has 15 heteroatoms. The van der Waals surface area contributed by atoms with Gasteiger partial charge in [-0.3, -0.25) is 4.79 Å². The first kappa shape index (κ1) is 24.5. The summed E-state index contributed by atoms with van der Waals surface area (Å²) >= 11 is 5.87. The van der Waals surface area contributed by atoms with E-state index in [1.54, 1.807) is 0 Å². The number of aromatic nitrogens is 2. The topological polar surface area (TPSA) is 88.5 Å². The highest BCUT2D eigenvalue weighted by molar-refractivity contribution is 6.32. The molecule has 1 aliphatic heterocycles. The SMILES string of the molecule is C[C@@H]1C(=O)NCCN1C(=O)N[C@H](c1ccc(OC(F)(F)F)c(Cl)c1)c1cnn(C(F)(F)F)c1. The molecule has 3 rings (SSSR count). The second-order valence-corrected chi connectivity index (χ2v) is 7.37. The highest BCUT2D eigenvalue weighted by atomic mass is 35.5. The van der Waals surface area contributed by atoms with Crippen molar-refractivity contribution in [3.63, 3.8) is 0 Å². The van der Waals surface area contributed by atoms with Crippen LogP contribution in [0, 0.1) is 0 Å². The van der Waals surface area contributed by atoms with Crippen molar-refractivity contribution < 1.29 is 40.7 Å². The maximum absolute atomic E-state index is 13.0. The Bertz CT molecular complexity index is 1040. The van der Waals surface area contributed by atoms with Crippen LogP contribution in [0.1, 0.15) is 24.1 Å². The third kappa shape index (κ3) is 5.80. The van der Waals surface area contributed by atoms with Crippen LogP contribution in [0.2, 0.25) is 5.02 Å². The van der Waals surface area contributed by atoms with Crippen LogP contribution >= 0.6 is 11.6 Å². The third-order valence-corrected chi connectivity index (χ3v) is 5.03. The molecule has 1 fully saturated rings. The number of hydrogen-bond acceptors (Lipinski definition) is 4. The van der Waals surface area contributed by atoms with E-state index in [0.717, 1.165) is 24.4 Å². The molecule has 0 spiro atoms. The Morgan fingerprint density at radius 1 is 1.27 bits per heavy atom. The molecular weight excluding hydrogens is 484 g/mol. The minimum atomic E-state index is -5.02. The summed E-state index contributed by atoms with van der Waals surface area (Å²) in [6.07, 6.45) is -8.39. The molecule has 1 saturated heterocycles. The lowest BCUT2D eigenvalue weighted by atomic mass is 10.0. The molecule has 1 aliphatic rings. The van der Waals surface area contributed by atoms with Gasteiger partial charge in [0.05, 0.1) is 17.3 Å². The lowest BCUT2D eigenvalue weighted by molar-refractivity contribution is -0.274. The average Bonchev–Trinajstić information content (AvgIpc) is 3.19. The van der Waals surface area contributed by atoms with Crippen molar-refractivity contribution >= 4 is 23.5 Å². The first-order valence-electron chi connectivity index (χ1n) is 9.28. The predicted molar refractivity (Wildman–Crippen MR) is 101 cm³/mol. The fraction of sp³-hybridized carbons (Fsp3) is 0.389. The second kappa shape index (κ2) is 9.00. The molecule has 2 aromatic rings. The number of amides is 3. The molecule has 0 radical (unpaired) electrons. The summed E-state index contributed by atoms with van der Waals surface area (Å²) in [6, 6.07) is 0.0654. The quantitative estimate of drug-likeness (QED) is 0.630. The molecule has 3 amide bonds. The summed E-state index contributed by atoms with van der Waals surface area (Å²) in [5, 5.41) is 7.80. The Labute approximate surface area is 187 Å². The standard InChI is InChI=1S/C18H16ClF6N5O3/c1-9-15(31)26-4-5-29(9)16(32)28-14(11-7-27-30(8-11)17(20,21)22)10-2-3-13(12(19)6-10)33-18(23,24)25/h2-3,6-9,14H,4-5H2,1H3,(H,26,31)(H,28,32)/t9-,14-/m1/s1. The van der Waals surface area contributed by atoms with E-state index in [1.165, 1.54) is 11.8 Å². The number of carbonyl (C=O) groups excluding carboxylic acids is 2. The molecule has 0 unspecified atom stereocenters. The number of hydrogen-bond donors (Lipinski definition) is 2. The number of nitrogens with one attached hydrogen (secondary N) is 2. The predicted octanol–water partition coefficient (Wildman–Crippen LogP) is 3.53. The number of benzene rings is 1. The van der Waals surface area contributed by atoms with Gasteiger partial charge in [0.1, 0.15) is 11.8 Å². The van der Waals surface area contributed by atoms with Crippen molar-refractivity contribution in [2.75, 3.05) is 13.1 Å². The van der Waals surface area contributed by atoms with E-state index < -0.39 is 47.5 Å². The van der Waals surface area contributed by atoms with Gasteiger partial charge in [0.2, 0.25) is 5.91 Å². The van der Waals surface area contributed by atoms with Crippen LogP contribution in [-0.4, -0.2) is 52.1 Å². The lowest BCUT2D eigenvalue weighted by Gasteiger charge is -2.34. The fourth-order valence-electron chi connectivity index (χ4n) is 3.15. The summed E-state index contributed by atoms with van der Waals surface area (Å²) in [5.41, 5.74) is -0.0749. The van der Waals surface area contributed by atoms with Gasteiger partial charge in [0, 0.05) is 24.8 Å². The average molecular weight is 500 g/mol. The molecule has 0 aliphatic carbocycles. The summed E-state index contributed by atoms with van der Waals surface area (Å²) in [6.45, 7) is 1.76. The van der Waals surface area contributed by atoms with Gasteiger partial charge in [0.15, 0.2) is 0 Å². The zero-order valence-corrected chi connectivity index (χ0v) is 17.4. The number of piperazine rings is 1. The molecule has 0 saturated carbocycles. The molecule has 1 aromatic carbocycles. The van der Waals surface area contributed by atoms with Crippen LogP contribution in [0.5, 0.6) is 5.75 Å². The van der Waals surface area contributed by atoms with Crippen molar-refractivity contribution in [2.24, 2.45) is 0 Å². The third-order valence-electron chi connectivity index (χ3n) is 4.74. The number of urea groups is 1.